The van der Waals surface area contributed by atoms with E-state index in [0.717, 1.165) is 48.7 Å². The van der Waals surface area contributed by atoms with E-state index < -0.39 is 0 Å². The highest BCUT2D eigenvalue weighted by Crippen LogP contribution is 2.25. The molecule has 0 saturated carbocycles. The minimum absolute atomic E-state index is 0.483. The van der Waals surface area contributed by atoms with Crippen molar-refractivity contribution < 1.29 is 0 Å². The molecule has 1 saturated heterocycles. The number of likely N-dealkylation sites (N-methyl/N-ethyl adjacent to an activating group) is 1. The van der Waals surface area contributed by atoms with E-state index in [4.69, 9.17) is 11.6 Å². The van der Waals surface area contributed by atoms with Gasteiger partial charge in [0.2, 0.25) is 10.3 Å². The largest absolute Gasteiger partial charge is 0.344 e. The maximum atomic E-state index is 5.93. The smallest absolute Gasteiger partial charge is 0.218 e. The molecule has 3 rings (SSSR count). The molecule has 1 aliphatic rings. The van der Waals surface area contributed by atoms with Crippen molar-refractivity contribution >= 4 is 28.1 Å². The number of aromatic nitrogens is 3. The predicted octanol–water partition coefficient (Wildman–Crippen LogP) is 2.21. The van der Waals surface area contributed by atoms with Gasteiger partial charge < -0.3 is 9.80 Å². The summed E-state index contributed by atoms with van der Waals surface area (Å²) >= 11 is 7.56. The van der Waals surface area contributed by atoms with Crippen LogP contribution in [-0.4, -0.2) is 52.4 Å². The number of rotatable bonds is 4. The van der Waals surface area contributed by atoms with Gasteiger partial charge in [-0.3, -0.25) is 4.57 Å². The fourth-order valence-electron chi connectivity index (χ4n) is 2.40. The van der Waals surface area contributed by atoms with Crippen molar-refractivity contribution in [3.05, 3.63) is 24.0 Å². The average molecular weight is 312 g/mol. The highest BCUT2D eigenvalue weighted by Gasteiger charge is 2.19. The van der Waals surface area contributed by atoms with Crippen LogP contribution in [0.2, 0.25) is 0 Å². The molecule has 1 aliphatic heterocycles. The average Bonchev–Trinajstić information content (AvgIpc) is 3.15. The summed E-state index contributed by atoms with van der Waals surface area (Å²) in [5.74, 6) is 0.483. The van der Waals surface area contributed by atoms with Crippen molar-refractivity contribution in [1.82, 2.24) is 19.7 Å². The topological polar surface area (TPSA) is 37.2 Å². The van der Waals surface area contributed by atoms with Crippen LogP contribution >= 0.6 is 22.9 Å². The summed E-state index contributed by atoms with van der Waals surface area (Å²) < 4.78 is 2.01. The minimum atomic E-state index is 0.483. The van der Waals surface area contributed by atoms with Gasteiger partial charge in [0, 0.05) is 38.1 Å². The van der Waals surface area contributed by atoms with Crippen LogP contribution < -0.4 is 4.90 Å². The number of halogens is 1. The van der Waals surface area contributed by atoms with Crippen LogP contribution in [0.5, 0.6) is 0 Å². The van der Waals surface area contributed by atoms with E-state index in [1.807, 2.05) is 22.9 Å². The van der Waals surface area contributed by atoms with E-state index in [0.29, 0.717) is 5.88 Å². The lowest BCUT2D eigenvalue weighted by Gasteiger charge is -2.33. The third-order valence-corrected chi connectivity index (χ3v) is 4.93. The molecule has 2 aromatic rings. The molecule has 0 amide bonds. The summed E-state index contributed by atoms with van der Waals surface area (Å²) in [6.07, 6.45) is 1.98. The standard InChI is InChI=1S/C13H18ClN5S/c1-2-17-6-8-18(9-7-17)12-15-16-13(20-12)19-5-3-4-11(19)10-14/h3-5H,2,6-10H2,1H3. The van der Waals surface area contributed by atoms with Gasteiger partial charge in [-0.2, -0.15) is 0 Å². The molecule has 0 unspecified atom stereocenters. The summed E-state index contributed by atoms with van der Waals surface area (Å²) in [7, 11) is 0. The highest BCUT2D eigenvalue weighted by molar-refractivity contribution is 7.17. The van der Waals surface area contributed by atoms with E-state index in [-0.39, 0.29) is 0 Å². The van der Waals surface area contributed by atoms with Gasteiger partial charge in [-0.15, -0.1) is 21.8 Å². The third kappa shape index (κ3) is 2.68. The Bertz CT molecular complexity index is 559. The van der Waals surface area contributed by atoms with Crippen LogP contribution in [0, 0.1) is 0 Å². The molecular weight excluding hydrogens is 294 g/mol. The van der Waals surface area contributed by atoms with Gasteiger partial charge in [0.1, 0.15) is 0 Å². The number of nitrogens with zero attached hydrogens (tertiary/aromatic N) is 5. The molecule has 0 atom stereocenters. The van der Waals surface area contributed by atoms with Gasteiger partial charge in [-0.1, -0.05) is 18.3 Å². The predicted molar refractivity (Wildman–Crippen MR) is 83.1 cm³/mol. The summed E-state index contributed by atoms with van der Waals surface area (Å²) in [6.45, 7) is 7.58. The zero-order chi connectivity index (χ0) is 13.9. The van der Waals surface area contributed by atoms with E-state index in [1.54, 1.807) is 11.3 Å². The van der Waals surface area contributed by atoms with Crippen molar-refractivity contribution in [2.75, 3.05) is 37.6 Å². The second-order valence-corrected chi connectivity index (χ2v) is 5.99. The summed E-state index contributed by atoms with van der Waals surface area (Å²) in [5.41, 5.74) is 1.05. The lowest BCUT2D eigenvalue weighted by molar-refractivity contribution is 0.271. The van der Waals surface area contributed by atoms with Gasteiger partial charge in [-0.25, -0.2) is 0 Å². The van der Waals surface area contributed by atoms with E-state index in [1.165, 1.54) is 0 Å². The fraction of sp³-hybridized carbons (Fsp3) is 0.538. The van der Waals surface area contributed by atoms with Crippen molar-refractivity contribution in [2.45, 2.75) is 12.8 Å². The molecule has 108 valence electrons. The Morgan fingerprint density at radius 2 is 1.95 bits per heavy atom. The molecule has 0 radical (unpaired) electrons. The van der Waals surface area contributed by atoms with Crippen molar-refractivity contribution in [3.63, 3.8) is 0 Å². The molecule has 0 spiro atoms. The van der Waals surface area contributed by atoms with Crippen LogP contribution in [0.3, 0.4) is 0 Å². The molecule has 2 aromatic heterocycles. The highest BCUT2D eigenvalue weighted by atomic mass is 35.5. The number of hydrogen-bond donors (Lipinski definition) is 0. The Hall–Kier alpha value is -1.11. The van der Waals surface area contributed by atoms with E-state index in [9.17, 15) is 0 Å². The zero-order valence-electron chi connectivity index (χ0n) is 11.5. The number of hydrogen-bond acceptors (Lipinski definition) is 5. The zero-order valence-corrected chi connectivity index (χ0v) is 13.1. The molecule has 5 nitrogen and oxygen atoms in total. The number of alkyl halides is 1. The van der Waals surface area contributed by atoms with E-state index >= 15 is 0 Å². The molecule has 7 heteroatoms. The molecule has 0 N–H and O–H groups in total. The van der Waals surface area contributed by atoms with Crippen LogP contribution in [0.4, 0.5) is 5.13 Å². The lowest BCUT2D eigenvalue weighted by Crippen LogP contribution is -2.46. The molecule has 0 bridgehead atoms. The Balaban J connectivity index is 1.74. The first-order chi connectivity index (χ1) is 9.81. The summed E-state index contributed by atoms with van der Waals surface area (Å²) in [6, 6.07) is 3.99. The normalized spacial score (nSPS) is 16.8. The molecule has 1 fully saturated rings. The first-order valence-electron chi connectivity index (χ1n) is 6.85. The van der Waals surface area contributed by atoms with Gasteiger partial charge in [0.05, 0.1) is 5.88 Å². The maximum Gasteiger partial charge on any atom is 0.218 e. The van der Waals surface area contributed by atoms with Crippen LogP contribution in [-0.2, 0) is 5.88 Å². The SMILES string of the molecule is CCN1CCN(c2nnc(-n3cccc3CCl)s2)CC1. The third-order valence-electron chi connectivity index (χ3n) is 3.67. The quantitative estimate of drug-likeness (QED) is 0.811. The van der Waals surface area contributed by atoms with Gasteiger partial charge in [-0.05, 0) is 18.7 Å². The van der Waals surface area contributed by atoms with Gasteiger partial charge in [0.25, 0.3) is 0 Å². The lowest BCUT2D eigenvalue weighted by atomic mass is 10.3. The van der Waals surface area contributed by atoms with Crippen molar-refractivity contribution in [3.8, 4) is 5.13 Å². The monoisotopic (exact) mass is 311 g/mol. The molecule has 0 aromatic carbocycles. The Kier molecular flexibility index (Phi) is 4.24. The Labute approximate surface area is 127 Å². The van der Waals surface area contributed by atoms with Crippen molar-refractivity contribution in [2.24, 2.45) is 0 Å². The van der Waals surface area contributed by atoms with Crippen LogP contribution in [0.15, 0.2) is 18.3 Å². The van der Waals surface area contributed by atoms with E-state index in [2.05, 4.69) is 26.9 Å². The minimum Gasteiger partial charge on any atom is -0.344 e. The second kappa shape index (κ2) is 6.11. The first-order valence-corrected chi connectivity index (χ1v) is 8.20. The van der Waals surface area contributed by atoms with Crippen LogP contribution in [0.1, 0.15) is 12.6 Å². The molecule has 0 aliphatic carbocycles. The molecule has 3 heterocycles. The van der Waals surface area contributed by atoms with Gasteiger partial charge in [0.15, 0.2) is 0 Å². The van der Waals surface area contributed by atoms with Crippen LogP contribution in [0.25, 0.3) is 5.13 Å². The van der Waals surface area contributed by atoms with Gasteiger partial charge >= 0.3 is 0 Å². The fourth-order valence-corrected chi connectivity index (χ4v) is 3.53. The molecule has 20 heavy (non-hydrogen) atoms. The summed E-state index contributed by atoms with van der Waals surface area (Å²) in [5, 5.41) is 10.5. The maximum absolute atomic E-state index is 5.93. The second-order valence-electron chi connectivity index (χ2n) is 4.79. The number of anilines is 1. The first kappa shape index (κ1) is 13.9. The van der Waals surface area contributed by atoms with Crippen molar-refractivity contribution in [1.29, 1.82) is 0 Å². The summed E-state index contributed by atoms with van der Waals surface area (Å²) in [4.78, 5) is 4.77. The molecular formula is C13H18ClN5S. The Morgan fingerprint density at radius 3 is 2.65 bits per heavy atom. The number of piperazine rings is 1. The Morgan fingerprint density at radius 1 is 1.20 bits per heavy atom.